The van der Waals surface area contributed by atoms with E-state index in [4.69, 9.17) is 5.73 Å². The van der Waals surface area contributed by atoms with Crippen molar-refractivity contribution >= 4 is 0 Å². The van der Waals surface area contributed by atoms with Gasteiger partial charge in [0, 0.05) is 19.3 Å². The van der Waals surface area contributed by atoms with Crippen molar-refractivity contribution in [1.82, 2.24) is 10.9 Å². The Hall–Kier alpha value is -0.540. The maximum atomic E-state index is 5.13. The van der Waals surface area contributed by atoms with Crippen molar-refractivity contribution in [2.75, 3.05) is 13.1 Å². The van der Waals surface area contributed by atoms with Crippen LogP contribution in [0.2, 0.25) is 0 Å². The Bertz CT molecular complexity index is 44.2. The SMILES string of the molecule is C=CNNCCN. The molecule has 0 aromatic rings. The van der Waals surface area contributed by atoms with Crippen molar-refractivity contribution in [1.29, 1.82) is 0 Å². The minimum Gasteiger partial charge on any atom is -0.329 e. The summed E-state index contributed by atoms with van der Waals surface area (Å²) in [6.07, 6.45) is 1.57. The van der Waals surface area contributed by atoms with E-state index in [0.717, 1.165) is 6.54 Å². The van der Waals surface area contributed by atoms with Gasteiger partial charge in [-0.2, -0.15) is 0 Å². The average molecular weight is 101 g/mol. The molecule has 0 aliphatic rings. The molecule has 3 heteroatoms. The van der Waals surface area contributed by atoms with Crippen molar-refractivity contribution in [3.63, 3.8) is 0 Å². The molecule has 4 N–H and O–H groups in total. The standard InChI is InChI=1S/C4H11N3/c1-2-6-7-4-3-5/h2,6-7H,1,3-5H2. The fraction of sp³-hybridized carbons (Fsp3) is 0.500. The molecule has 0 amide bonds. The van der Waals surface area contributed by atoms with Crippen molar-refractivity contribution in [3.8, 4) is 0 Å². The fourth-order valence-electron chi connectivity index (χ4n) is 0.217. The summed E-state index contributed by atoms with van der Waals surface area (Å²) in [6.45, 7) is 4.83. The lowest BCUT2D eigenvalue weighted by atomic mass is 10.7. The van der Waals surface area contributed by atoms with Crippen molar-refractivity contribution in [3.05, 3.63) is 12.8 Å². The number of hydrogen-bond acceptors (Lipinski definition) is 3. The van der Waals surface area contributed by atoms with E-state index in [-0.39, 0.29) is 0 Å². The highest BCUT2D eigenvalue weighted by molar-refractivity contribution is 4.57. The quantitative estimate of drug-likeness (QED) is 0.320. The van der Waals surface area contributed by atoms with Crippen molar-refractivity contribution in [2.24, 2.45) is 5.73 Å². The first-order valence-corrected chi connectivity index (χ1v) is 2.21. The first-order chi connectivity index (χ1) is 3.41. The van der Waals surface area contributed by atoms with Gasteiger partial charge in [0.2, 0.25) is 0 Å². The zero-order chi connectivity index (χ0) is 5.54. The Balaban J connectivity index is 2.56. The second-order valence-electron chi connectivity index (χ2n) is 1.06. The molecule has 42 valence electrons. The van der Waals surface area contributed by atoms with Gasteiger partial charge in [-0.25, -0.2) is 5.43 Å². The molecule has 0 aliphatic heterocycles. The lowest BCUT2D eigenvalue weighted by Gasteiger charge is -1.97. The second kappa shape index (κ2) is 5.46. The second-order valence-corrected chi connectivity index (χ2v) is 1.06. The monoisotopic (exact) mass is 101 g/mol. The van der Waals surface area contributed by atoms with Crippen LogP contribution in [0.15, 0.2) is 12.8 Å². The van der Waals surface area contributed by atoms with Crippen LogP contribution in [0.25, 0.3) is 0 Å². The van der Waals surface area contributed by atoms with Gasteiger partial charge in [-0.3, -0.25) is 0 Å². The molecule has 0 bridgehead atoms. The summed E-state index contributed by atoms with van der Waals surface area (Å²) in [7, 11) is 0. The third-order valence-electron chi connectivity index (χ3n) is 0.473. The first-order valence-electron chi connectivity index (χ1n) is 2.21. The minimum absolute atomic E-state index is 0.640. The summed E-state index contributed by atoms with van der Waals surface area (Å²) in [4.78, 5) is 0. The van der Waals surface area contributed by atoms with Crippen molar-refractivity contribution in [2.45, 2.75) is 0 Å². The lowest BCUT2D eigenvalue weighted by molar-refractivity contribution is 0.633. The number of nitrogens with two attached hydrogens (primary N) is 1. The van der Waals surface area contributed by atoms with E-state index in [1.54, 1.807) is 6.20 Å². The van der Waals surface area contributed by atoms with Crippen LogP contribution in [0.1, 0.15) is 0 Å². The highest BCUT2D eigenvalue weighted by Gasteiger charge is 1.71. The van der Waals surface area contributed by atoms with Gasteiger partial charge in [-0.05, 0) is 0 Å². The topological polar surface area (TPSA) is 50.1 Å². The lowest BCUT2D eigenvalue weighted by Crippen LogP contribution is -2.31. The third kappa shape index (κ3) is 5.46. The van der Waals surface area contributed by atoms with Gasteiger partial charge >= 0.3 is 0 Å². The van der Waals surface area contributed by atoms with Gasteiger partial charge in [0.05, 0.1) is 0 Å². The Morgan fingerprint density at radius 3 is 2.86 bits per heavy atom. The molecule has 0 fully saturated rings. The molecule has 0 radical (unpaired) electrons. The van der Waals surface area contributed by atoms with Crippen LogP contribution in [-0.2, 0) is 0 Å². The van der Waals surface area contributed by atoms with Gasteiger partial charge in [0.1, 0.15) is 0 Å². The predicted molar refractivity (Wildman–Crippen MR) is 30.4 cm³/mol. The molecular formula is C4H11N3. The van der Waals surface area contributed by atoms with E-state index >= 15 is 0 Å². The number of rotatable bonds is 4. The highest BCUT2D eigenvalue weighted by Crippen LogP contribution is 1.45. The van der Waals surface area contributed by atoms with E-state index in [9.17, 15) is 0 Å². The number of hydrazine groups is 1. The number of hydrogen-bond donors (Lipinski definition) is 3. The van der Waals surface area contributed by atoms with E-state index in [2.05, 4.69) is 17.4 Å². The largest absolute Gasteiger partial charge is 0.329 e. The number of nitrogens with one attached hydrogen (secondary N) is 2. The molecule has 3 nitrogen and oxygen atoms in total. The van der Waals surface area contributed by atoms with Gasteiger partial charge < -0.3 is 11.2 Å². The summed E-state index contributed by atoms with van der Waals surface area (Å²) >= 11 is 0. The van der Waals surface area contributed by atoms with Crippen LogP contribution in [-0.4, -0.2) is 13.1 Å². The zero-order valence-corrected chi connectivity index (χ0v) is 4.28. The Morgan fingerprint density at radius 1 is 1.71 bits per heavy atom. The summed E-state index contributed by atoms with van der Waals surface area (Å²) in [6, 6.07) is 0. The van der Waals surface area contributed by atoms with Crippen LogP contribution < -0.4 is 16.6 Å². The molecule has 0 unspecified atom stereocenters. The third-order valence-corrected chi connectivity index (χ3v) is 0.473. The molecule has 0 saturated carbocycles. The maximum absolute atomic E-state index is 5.13. The first kappa shape index (κ1) is 6.46. The molecule has 0 spiro atoms. The minimum atomic E-state index is 0.640. The Morgan fingerprint density at radius 2 is 2.43 bits per heavy atom. The van der Waals surface area contributed by atoms with Gasteiger partial charge in [0.15, 0.2) is 0 Å². The predicted octanol–water partition coefficient (Wildman–Crippen LogP) is -0.817. The summed E-state index contributed by atoms with van der Waals surface area (Å²) in [5, 5.41) is 0. The van der Waals surface area contributed by atoms with E-state index in [1.165, 1.54) is 0 Å². The molecule has 0 atom stereocenters. The molecule has 0 aliphatic carbocycles. The Labute approximate surface area is 43.6 Å². The van der Waals surface area contributed by atoms with Crippen LogP contribution in [0.3, 0.4) is 0 Å². The molecule has 0 aromatic heterocycles. The normalized spacial score (nSPS) is 8.14. The highest BCUT2D eigenvalue weighted by atomic mass is 15.3. The van der Waals surface area contributed by atoms with Crippen LogP contribution in [0.4, 0.5) is 0 Å². The van der Waals surface area contributed by atoms with Gasteiger partial charge in [-0.15, -0.1) is 0 Å². The van der Waals surface area contributed by atoms with Crippen LogP contribution in [0.5, 0.6) is 0 Å². The Kier molecular flexibility index (Phi) is 5.04. The van der Waals surface area contributed by atoms with E-state index in [0.29, 0.717) is 6.54 Å². The zero-order valence-electron chi connectivity index (χ0n) is 4.28. The average Bonchev–Trinajstić information content (AvgIpc) is 1.69. The van der Waals surface area contributed by atoms with E-state index in [1.807, 2.05) is 0 Å². The summed E-state index contributed by atoms with van der Waals surface area (Å²) in [5.41, 5.74) is 10.6. The van der Waals surface area contributed by atoms with E-state index < -0.39 is 0 Å². The smallest absolute Gasteiger partial charge is 0.0270 e. The molecule has 0 rings (SSSR count). The van der Waals surface area contributed by atoms with Crippen LogP contribution >= 0.6 is 0 Å². The summed E-state index contributed by atoms with van der Waals surface area (Å²) in [5.74, 6) is 0. The fourth-order valence-corrected chi connectivity index (χ4v) is 0.217. The molecule has 0 heterocycles. The maximum Gasteiger partial charge on any atom is 0.0270 e. The molecule has 0 saturated heterocycles. The van der Waals surface area contributed by atoms with Crippen LogP contribution in [0, 0.1) is 0 Å². The molecular weight excluding hydrogens is 90.1 g/mol. The molecule has 7 heavy (non-hydrogen) atoms. The summed E-state index contributed by atoms with van der Waals surface area (Å²) < 4.78 is 0. The van der Waals surface area contributed by atoms with Gasteiger partial charge in [-0.1, -0.05) is 6.58 Å². The molecule has 0 aromatic carbocycles. The van der Waals surface area contributed by atoms with Crippen molar-refractivity contribution < 1.29 is 0 Å². The van der Waals surface area contributed by atoms with Gasteiger partial charge in [0.25, 0.3) is 0 Å².